The van der Waals surface area contributed by atoms with Gasteiger partial charge in [-0.2, -0.15) is 0 Å². The number of amides is 1. The number of hydrogen-bond donors (Lipinski definition) is 1. The zero-order valence-electron chi connectivity index (χ0n) is 15.6. The first-order chi connectivity index (χ1) is 13.3. The first-order valence-corrected chi connectivity index (χ1v) is 11.1. The molecule has 3 aromatic carbocycles. The number of carbonyl (C=O) groups excluding carboxylic acids is 1. The summed E-state index contributed by atoms with van der Waals surface area (Å²) in [4.78, 5) is 13.0. The van der Waals surface area contributed by atoms with E-state index in [2.05, 4.69) is 5.32 Å². The van der Waals surface area contributed by atoms with Gasteiger partial charge in [-0.25, -0.2) is 8.42 Å². The molecule has 7 heteroatoms. The third kappa shape index (κ3) is 4.46. The first kappa shape index (κ1) is 20.2. The summed E-state index contributed by atoms with van der Waals surface area (Å²) in [6.45, 7) is 1.78. The van der Waals surface area contributed by atoms with Gasteiger partial charge in [0.2, 0.25) is 15.9 Å². The van der Waals surface area contributed by atoms with Gasteiger partial charge < -0.3 is 5.32 Å². The number of nitrogens with one attached hydrogen (secondary N) is 1. The summed E-state index contributed by atoms with van der Waals surface area (Å²) in [6, 6.07) is 18.9. The summed E-state index contributed by atoms with van der Waals surface area (Å²) < 4.78 is 26.1. The smallest absolute Gasteiger partial charge is 0.248 e. The number of nitrogens with zero attached hydrogens (tertiary/aromatic N) is 1. The van der Waals surface area contributed by atoms with Crippen molar-refractivity contribution in [2.24, 2.45) is 0 Å². The minimum atomic E-state index is -3.68. The summed E-state index contributed by atoms with van der Waals surface area (Å²) in [7, 11) is -3.68. The van der Waals surface area contributed by atoms with Gasteiger partial charge in [0.25, 0.3) is 0 Å². The molecule has 0 fully saturated rings. The molecule has 1 unspecified atom stereocenters. The van der Waals surface area contributed by atoms with E-state index in [0.29, 0.717) is 22.8 Å². The summed E-state index contributed by atoms with van der Waals surface area (Å²) in [5.74, 6) is -0.391. The molecule has 1 atom stereocenters. The number of hydrogen-bond acceptors (Lipinski definition) is 3. The number of sulfonamides is 1. The lowest BCUT2D eigenvalue weighted by Crippen LogP contribution is -2.46. The Kier molecular flexibility index (Phi) is 5.91. The topological polar surface area (TPSA) is 66.5 Å². The molecule has 1 amide bonds. The second-order valence-electron chi connectivity index (χ2n) is 6.51. The number of benzene rings is 3. The van der Waals surface area contributed by atoms with E-state index >= 15 is 0 Å². The van der Waals surface area contributed by atoms with Crippen LogP contribution in [0.25, 0.3) is 10.8 Å². The van der Waals surface area contributed by atoms with Crippen LogP contribution in [0, 0.1) is 0 Å². The van der Waals surface area contributed by atoms with E-state index in [1.807, 2.05) is 36.4 Å². The highest BCUT2D eigenvalue weighted by Gasteiger charge is 2.31. The summed E-state index contributed by atoms with van der Waals surface area (Å²) in [6.07, 6.45) is 1.41. The van der Waals surface area contributed by atoms with Crippen LogP contribution in [0.3, 0.4) is 0 Å². The highest BCUT2D eigenvalue weighted by atomic mass is 35.5. The Labute approximate surface area is 170 Å². The molecule has 0 radical (unpaired) electrons. The van der Waals surface area contributed by atoms with Gasteiger partial charge >= 0.3 is 0 Å². The minimum Gasteiger partial charge on any atom is -0.324 e. The van der Waals surface area contributed by atoms with Crippen molar-refractivity contribution < 1.29 is 13.2 Å². The maximum Gasteiger partial charge on any atom is 0.248 e. The molecule has 146 valence electrons. The van der Waals surface area contributed by atoms with E-state index in [9.17, 15) is 13.2 Å². The fraction of sp³-hybridized carbons (Fsp3) is 0.190. The Bertz CT molecular complexity index is 1100. The van der Waals surface area contributed by atoms with Crippen molar-refractivity contribution in [2.75, 3.05) is 15.9 Å². The van der Waals surface area contributed by atoms with E-state index in [1.54, 1.807) is 37.3 Å². The molecule has 0 aliphatic carbocycles. The van der Waals surface area contributed by atoms with Crippen molar-refractivity contribution in [3.05, 3.63) is 71.8 Å². The number of rotatable bonds is 6. The zero-order chi connectivity index (χ0) is 20.3. The van der Waals surface area contributed by atoms with E-state index in [-0.39, 0.29) is 0 Å². The van der Waals surface area contributed by atoms with Crippen LogP contribution in [0.2, 0.25) is 5.02 Å². The van der Waals surface area contributed by atoms with Crippen LogP contribution >= 0.6 is 11.6 Å². The molecular formula is C21H21ClN2O3S. The molecule has 0 aromatic heterocycles. The fourth-order valence-electron chi connectivity index (χ4n) is 3.14. The molecule has 0 heterocycles. The number of anilines is 2. The van der Waals surface area contributed by atoms with E-state index in [0.717, 1.165) is 21.3 Å². The number of fused-ring (bicyclic) bond motifs is 1. The van der Waals surface area contributed by atoms with Crippen LogP contribution in [0.15, 0.2) is 66.7 Å². The largest absolute Gasteiger partial charge is 0.324 e. The molecule has 3 rings (SSSR count). The van der Waals surface area contributed by atoms with Crippen LogP contribution in [-0.2, 0) is 14.8 Å². The van der Waals surface area contributed by atoms with Crippen LogP contribution in [0.4, 0.5) is 11.4 Å². The van der Waals surface area contributed by atoms with Gasteiger partial charge in [0.05, 0.1) is 11.9 Å². The lowest BCUT2D eigenvalue weighted by Gasteiger charge is -2.30. The third-order valence-corrected chi connectivity index (χ3v) is 5.86. The van der Waals surface area contributed by atoms with Crippen molar-refractivity contribution in [2.45, 2.75) is 19.4 Å². The van der Waals surface area contributed by atoms with Crippen molar-refractivity contribution >= 4 is 49.7 Å². The standard InChI is InChI=1S/C21H21ClN2O3S/c1-3-20(24(28(2,26)27)19-12-9-17(22)10-13-19)21(25)23-18-11-8-15-6-4-5-7-16(15)14-18/h4-14,20H,3H2,1-2H3,(H,23,25). The average molecular weight is 417 g/mol. The molecule has 0 aliphatic rings. The van der Waals surface area contributed by atoms with E-state index in [4.69, 9.17) is 11.6 Å². The second kappa shape index (κ2) is 8.20. The molecule has 0 saturated heterocycles. The molecular weight excluding hydrogens is 396 g/mol. The molecule has 5 nitrogen and oxygen atoms in total. The predicted molar refractivity (Wildman–Crippen MR) is 115 cm³/mol. The number of carbonyl (C=O) groups is 1. The van der Waals surface area contributed by atoms with Crippen LogP contribution < -0.4 is 9.62 Å². The summed E-state index contributed by atoms with van der Waals surface area (Å²) in [5.41, 5.74) is 1.01. The Hall–Kier alpha value is -2.57. The Balaban J connectivity index is 1.92. The van der Waals surface area contributed by atoms with Gasteiger partial charge in [0.1, 0.15) is 6.04 Å². The van der Waals surface area contributed by atoms with Crippen molar-refractivity contribution in [3.8, 4) is 0 Å². The fourth-order valence-corrected chi connectivity index (χ4v) is 4.48. The highest BCUT2D eigenvalue weighted by molar-refractivity contribution is 7.92. The molecule has 1 N–H and O–H groups in total. The molecule has 0 bridgehead atoms. The molecule has 0 saturated carbocycles. The molecule has 0 aliphatic heterocycles. The van der Waals surface area contributed by atoms with Crippen LogP contribution in [-0.4, -0.2) is 26.6 Å². The van der Waals surface area contributed by atoms with Crippen molar-refractivity contribution in [3.63, 3.8) is 0 Å². The van der Waals surface area contributed by atoms with Crippen molar-refractivity contribution in [1.29, 1.82) is 0 Å². The van der Waals surface area contributed by atoms with E-state index < -0.39 is 22.0 Å². The minimum absolute atomic E-state index is 0.315. The van der Waals surface area contributed by atoms with Gasteiger partial charge in [0.15, 0.2) is 0 Å². The lowest BCUT2D eigenvalue weighted by molar-refractivity contribution is -0.117. The van der Waals surface area contributed by atoms with Gasteiger partial charge in [-0.3, -0.25) is 9.10 Å². The van der Waals surface area contributed by atoms with Crippen LogP contribution in [0.5, 0.6) is 0 Å². The monoisotopic (exact) mass is 416 g/mol. The summed E-state index contributed by atoms with van der Waals surface area (Å²) >= 11 is 5.91. The Morgan fingerprint density at radius 1 is 1.04 bits per heavy atom. The van der Waals surface area contributed by atoms with E-state index in [1.165, 1.54) is 0 Å². The van der Waals surface area contributed by atoms with Gasteiger partial charge in [0, 0.05) is 10.7 Å². The third-order valence-electron chi connectivity index (χ3n) is 4.43. The normalized spacial score (nSPS) is 12.5. The highest BCUT2D eigenvalue weighted by Crippen LogP contribution is 2.25. The lowest BCUT2D eigenvalue weighted by atomic mass is 10.1. The Morgan fingerprint density at radius 2 is 1.68 bits per heavy atom. The second-order valence-corrected chi connectivity index (χ2v) is 8.81. The number of halogens is 1. The molecule has 0 spiro atoms. The quantitative estimate of drug-likeness (QED) is 0.634. The first-order valence-electron chi connectivity index (χ1n) is 8.84. The Morgan fingerprint density at radius 3 is 2.29 bits per heavy atom. The zero-order valence-corrected chi connectivity index (χ0v) is 17.2. The maximum absolute atomic E-state index is 13.0. The molecule has 28 heavy (non-hydrogen) atoms. The van der Waals surface area contributed by atoms with Crippen molar-refractivity contribution in [1.82, 2.24) is 0 Å². The van der Waals surface area contributed by atoms with Gasteiger partial charge in [-0.15, -0.1) is 0 Å². The van der Waals surface area contributed by atoms with Gasteiger partial charge in [-0.1, -0.05) is 48.9 Å². The predicted octanol–water partition coefficient (Wildman–Crippen LogP) is 4.68. The molecule has 3 aromatic rings. The van der Waals surface area contributed by atoms with Gasteiger partial charge in [-0.05, 0) is 53.6 Å². The SMILES string of the molecule is CCC(C(=O)Nc1ccc2ccccc2c1)N(c1ccc(Cl)cc1)S(C)(=O)=O. The summed E-state index contributed by atoms with van der Waals surface area (Å²) in [5, 5.41) is 5.39. The average Bonchev–Trinajstić information content (AvgIpc) is 2.66. The van der Waals surface area contributed by atoms with Crippen LogP contribution in [0.1, 0.15) is 13.3 Å². The maximum atomic E-state index is 13.0.